The summed E-state index contributed by atoms with van der Waals surface area (Å²) >= 11 is 3.54. The van der Waals surface area contributed by atoms with Crippen molar-refractivity contribution in [1.29, 1.82) is 0 Å². The highest BCUT2D eigenvalue weighted by Gasteiger charge is 2.28. The topological polar surface area (TPSA) is 50.7 Å². The van der Waals surface area contributed by atoms with Gasteiger partial charge in [0.05, 0.1) is 17.7 Å². The Hall–Kier alpha value is -0.780. The maximum Gasteiger partial charge on any atom is 0.175 e. The Labute approximate surface area is 128 Å². The van der Waals surface area contributed by atoms with Crippen LogP contribution in [-0.2, 0) is 6.54 Å². The molecule has 20 heavy (non-hydrogen) atoms. The summed E-state index contributed by atoms with van der Waals surface area (Å²) < 4.78 is 12.3. The standard InChI is InChI=1S/C15H22BrNO3/c1-3-17-9-10-7-11(16)15(14(8-10)19-2)20-13-6-4-5-12(13)18/h7-8,12-13,17-18H,3-6,9H2,1-2H3. The smallest absolute Gasteiger partial charge is 0.175 e. The molecule has 1 aromatic rings. The van der Waals surface area contributed by atoms with Crippen LogP contribution in [0.5, 0.6) is 11.5 Å². The number of nitrogens with one attached hydrogen (secondary N) is 1. The molecule has 4 nitrogen and oxygen atoms in total. The Morgan fingerprint density at radius 1 is 1.40 bits per heavy atom. The minimum atomic E-state index is -0.381. The molecule has 0 aromatic heterocycles. The van der Waals surface area contributed by atoms with Crippen molar-refractivity contribution in [1.82, 2.24) is 5.32 Å². The average molecular weight is 344 g/mol. The highest BCUT2D eigenvalue weighted by molar-refractivity contribution is 9.10. The quantitative estimate of drug-likeness (QED) is 0.833. The van der Waals surface area contributed by atoms with E-state index in [1.54, 1.807) is 7.11 Å². The molecule has 5 heteroatoms. The van der Waals surface area contributed by atoms with Crippen LogP contribution in [0.25, 0.3) is 0 Å². The summed E-state index contributed by atoms with van der Waals surface area (Å²) in [5.74, 6) is 1.38. The first-order valence-electron chi connectivity index (χ1n) is 7.07. The first-order valence-corrected chi connectivity index (χ1v) is 7.86. The van der Waals surface area contributed by atoms with Gasteiger partial charge in [0.15, 0.2) is 11.5 Å². The Bertz CT molecular complexity index is 453. The predicted molar refractivity (Wildman–Crippen MR) is 82.3 cm³/mol. The molecule has 0 saturated heterocycles. The number of hydrogen-bond acceptors (Lipinski definition) is 4. The summed E-state index contributed by atoms with van der Waals surface area (Å²) in [6.45, 7) is 3.79. The number of benzene rings is 1. The lowest BCUT2D eigenvalue weighted by molar-refractivity contribution is 0.0581. The lowest BCUT2D eigenvalue weighted by atomic mass is 10.2. The van der Waals surface area contributed by atoms with Gasteiger partial charge < -0.3 is 19.9 Å². The monoisotopic (exact) mass is 343 g/mol. The molecule has 1 saturated carbocycles. The Morgan fingerprint density at radius 2 is 2.20 bits per heavy atom. The Kier molecular flexibility index (Phi) is 5.69. The summed E-state index contributed by atoms with van der Waals surface area (Å²) in [5.41, 5.74) is 1.13. The number of methoxy groups -OCH3 is 1. The maximum atomic E-state index is 9.88. The van der Waals surface area contributed by atoms with Gasteiger partial charge in [-0.25, -0.2) is 0 Å². The van der Waals surface area contributed by atoms with E-state index in [0.29, 0.717) is 11.5 Å². The number of rotatable bonds is 6. The third-order valence-electron chi connectivity index (χ3n) is 3.56. The molecule has 0 heterocycles. The number of ether oxygens (including phenoxy) is 2. The first kappa shape index (κ1) is 15.6. The second kappa shape index (κ2) is 7.29. The molecular formula is C15H22BrNO3. The van der Waals surface area contributed by atoms with Gasteiger partial charge in [-0.15, -0.1) is 0 Å². The van der Waals surface area contributed by atoms with E-state index in [4.69, 9.17) is 9.47 Å². The van der Waals surface area contributed by atoms with Gasteiger partial charge in [0.2, 0.25) is 0 Å². The largest absolute Gasteiger partial charge is 0.493 e. The van der Waals surface area contributed by atoms with Crippen molar-refractivity contribution in [3.8, 4) is 11.5 Å². The molecule has 0 amide bonds. The molecule has 1 aliphatic carbocycles. The van der Waals surface area contributed by atoms with E-state index in [1.165, 1.54) is 0 Å². The van der Waals surface area contributed by atoms with E-state index in [2.05, 4.69) is 28.2 Å². The van der Waals surface area contributed by atoms with E-state index in [9.17, 15) is 5.11 Å². The van der Waals surface area contributed by atoms with Gasteiger partial charge in [-0.05, 0) is 59.4 Å². The zero-order chi connectivity index (χ0) is 14.5. The number of halogens is 1. The third-order valence-corrected chi connectivity index (χ3v) is 4.14. The van der Waals surface area contributed by atoms with Crippen molar-refractivity contribution in [2.75, 3.05) is 13.7 Å². The summed E-state index contributed by atoms with van der Waals surface area (Å²) in [6.07, 6.45) is 2.18. The fraction of sp³-hybridized carbons (Fsp3) is 0.600. The SMILES string of the molecule is CCNCc1cc(Br)c(OC2CCCC2O)c(OC)c1. The van der Waals surface area contributed by atoms with Gasteiger partial charge in [-0.1, -0.05) is 6.92 Å². The molecule has 2 unspecified atom stereocenters. The van der Waals surface area contributed by atoms with E-state index >= 15 is 0 Å². The van der Waals surface area contributed by atoms with Gasteiger partial charge in [0.1, 0.15) is 6.10 Å². The average Bonchev–Trinajstić information content (AvgIpc) is 2.84. The first-order chi connectivity index (χ1) is 9.65. The molecule has 0 spiro atoms. The maximum absolute atomic E-state index is 9.88. The molecule has 2 N–H and O–H groups in total. The van der Waals surface area contributed by atoms with Crippen LogP contribution in [0.1, 0.15) is 31.7 Å². The van der Waals surface area contributed by atoms with Crippen LogP contribution in [0, 0.1) is 0 Å². The fourth-order valence-corrected chi connectivity index (χ4v) is 3.04. The van der Waals surface area contributed by atoms with Crippen LogP contribution >= 0.6 is 15.9 Å². The lowest BCUT2D eigenvalue weighted by Gasteiger charge is -2.20. The summed E-state index contributed by atoms with van der Waals surface area (Å²) in [4.78, 5) is 0. The van der Waals surface area contributed by atoms with Crippen LogP contribution < -0.4 is 14.8 Å². The molecule has 1 aromatic carbocycles. The van der Waals surface area contributed by atoms with Crippen LogP contribution in [-0.4, -0.2) is 31.0 Å². The molecule has 1 aliphatic rings. The minimum Gasteiger partial charge on any atom is -0.493 e. The van der Waals surface area contributed by atoms with Gasteiger partial charge in [0, 0.05) is 6.54 Å². The molecular weight excluding hydrogens is 322 g/mol. The second-order valence-electron chi connectivity index (χ2n) is 5.04. The number of aliphatic hydroxyl groups excluding tert-OH is 1. The zero-order valence-corrected chi connectivity index (χ0v) is 13.6. The van der Waals surface area contributed by atoms with Crippen LogP contribution in [0.2, 0.25) is 0 Å². The van der Waals surface area contributed by atoms with E-state index in [-0.39, 0.29) is 12.2 Å². The van der Waals surface area contributed by atoms with Crippen molar-refractivity contribution >= 4 is 15.9 Å². The summed E-state index contributed by atoms with van der Waals surface area (Å²) in [5, 5.41) is 13.2. The van der Waals surface area contributed by atoms with Crippen molar-refractivity contribution in [3.63, 3.8) is 0 Å². The van der Waals surface area contributed by atoms with Crippen molar-refractivity contribution in [2.45, 2.75) is 44.9 Å². The molecule has 112 valence electrons. The van der Waals surface area contributed by atoms with Crippen molar-refractivity contribution in [2.24, 2.45) is 0 Å². The second-order valence-corrected chi connectivity index (χ2v) is 5.90. The zero-order valence-electron chi connectivity index (χ0n) is 12.0. The molecule has 0 aliphatic heterocycles. The molecule has 0 bridgehead atoms. The Morgan fingerprint density at radius 3 is 2.80 bits per heavy atom. The number of hydrogen-bond donors (Lipinski definition) is 2. The minimum absolute atomic E-state index is 0.139. The van der Waals surface area contributed by atoms with Crippen LogP contribution in [0.15, 0.2) is 16.6 Å². The van der Waals surface area contributed by atoms with Gasteiger partial charge in [0.25, 0.3) is 0 Å². The molecule has 1 fully saturated rings. The summed E-state index contributed by atoms with van der Waals surface area (Å²) in [7, 11) is 1.64. The van der Waals surface area contributed by atoms with Crippen molar-refractivity contribution in [3.05, 3.63) is 22.2 Å². The van der Waals surface area contributed by atoms with Crippen LogP contribution in [0.3, 0.4) is 0 Å². The van der Waals surface area contributed by atoms with E-state index in [1.807, 2.05) is 12.1 Å². The van der Waals surface area contributed by atoms with Crippen molar-refractivity contribution < 1.29 is 14.6 Å². The number of aliphatic hydroxyl groups is 1. The van der Waals surface area contributed by atoms with Crippen LogP contribution in [0.4, 0.5) is 0 Å². The molecule has 2 atom stereocenters. The highest BCUT2D eigenvalue weighted by Crippen LogP contribution is 2.39. The van der Waals surface area contributed by atoms with Gasteiger partial charge >= 0.3 is 0 Å². The van der Waals surface area contributed by atoms with Gasteiger partial charge in [-0.2, -0.15) is 0 Å². The summed E-state index contributed by atoms with van der Waals surface area (Å²) in [6, 6.07) is 4.01. The van der Waals surface area contributed by atoms with Gasteiger partial charge in [-0.3, -0.25) is 0 Å². The fourth-order valence-electron chi connectivity index (χ4n) is 2.45. The molecule has 2 rings (SSSR count). The highest BCUT2D eigenvalue weighted by atomic mass is 79.9. The normalized spacial score (nSPS) is 22.0. The molecule has 0 radical (unpaired) electrons. The lowest BCUT2D eigenvalue weighted by Crippen LogP contribution is -2.26. The van der Waals surface area contributed by atoms with E-state index in [0.717, 1.165) is 42.4 Å². The van der Waals surface area contributed by atoms with E-state index < -0.39 is 0 Å². The third kappa shape index (κ3) is 3.65. The Balaban J connectivity index is 2.18. The predicted octanol–water partition coefficient (Wildman–Crippen LogP) is 2.86.